The summed E-state index contributed by atoms with van der Waals surface area (Å²) in [6, 6.07) is 5.25. The summed E-state index contributed by atoms with van der Waals surface area (Å²) >= 11 is 0. The average molecular weight is 317 g/mol. The van der Waals surface area contributed by atoms with Gasteiger partial charge in [0.05, 0.1) is 7.11 Å². The Labute approximate surface area is 133 Å². The van der Waals surface area contributed by atoms with Crippen LogP contribution in [0.25, 0.3) is 0 Å². The third kappa shape index (κ3) is 4.83. The molecule has 1 aliphatic heterocycles. The predicted octanol–water partition coefficient (Wildman–Crippen LogP) is 3.39. The molecular weight excluding hydrogens is 291 g/mol. The first-order valence-corrected chi connectivity index (χ1v) is 7.54. The van der Waals surface area contributed by atoms with Crippen LogP contribution < -0.4 is 10.1 Å². The van der Waals surface area contributed by atoms with E-state index in [0.717, 1.165) is 38.2 Å². The molecule has 1 aromatic carbocycles. The smallest absolute Gasteiger partial charge is 0.126 e. The Kier molecular flexibility index (Phi) is 8.01. The normalized spacial score (nSPS) is 17.1. The van der Waals surface area contributed by atoms with Gasteiger partial charge in [0.1, 0.15) is 11.6 Å². The molecule has 1 fully saturated rings. The van der Waals surface area contributed by atoms with Gasteiger partial charge < -0.3 is 10.1 Å². The Balaban J connectivity index is 0.00000220. The predicted molar refractivity (Wildman–Crippen MR) is 86.9 cm³/mol. The van der Waals surface area contributed by atoms with Crippen molar-refractivity contribution in [3.8, 4) is 5.75 Å². The summed E-state index contributed by atoms with van der Waals surface area (Å²) in [7, 11) is 1.62. The first-order valence-electron chi connectivity index (χ1n) is 7.54. The third-order valence-electron chi connectivity index (χ3n) is 3.98. The van der Waals surface area contributed by atoms with E-state index in [-0.39, 0.29) is 18.2 Å². The number of ether oxygens (including phenoxy) is 1. The van der Waals surface area contributed by atoms with Crippen molar-refractivity contribution in [1.29, 1.82) is 0 Å². The highest BCUT2D eigenvalue weighted by atomic mass is 35.5. The number of benzene rings is 1. The number of rotatable bonds is 6. The molecule has 0 aromatic heterocycles. The number of hydrogen-bond acceptors (Lipinski definition) is 3. The maximum absolute atomic E-state index is 13.4. The van der Waals surface area contributed by atoms with E-state index in [2.05, 4.69) is 17.1 Å². The third-order valence-corrected chi connectivity index (χ3v) is 3.98. The minimum absolute atomic E-state index is 0. The number of methoxy groups -OCH3 is 1. The molecule has 1 aromatic rings. The number of nitrogens with zero attached hydrogens (tertiary/aromatic N) is 1. The molecule has 2 rings (SSSR count). The van der Waals surface area contributed by atoms with E-state index in [1.54, 1.807) is 13.2 Å². The van der Waals surface area contributed by atoms with Crippen LogP contribution >= 0.6 is 12.4 Å². The number of hydrogen-bond donors (Lipinski definition) is 1. The summed E-state index contributed by atoms with van der Waals surface area (Å²) in [5.41, 5.74) is 1.12. The maximum atomic E-state index is 13.4. The second-order valence-electron chi connectivity index (χ2n) is 5.33. The molecule has 0 aliphatic carbocycles. The van der Waals surface area contributed by atoms with E-state index < -0.39 is 0 Å². The molecule has 0 saturated carbocycles. The van der Waals surface area contributed by atoms with Crippen LogP contribution in [0.5, 0.6) is 5.75 Å². The topological polar surface area (TPSA) is 24.5 Å². The quantitative estimate of drug-likeness (QED) is 0.870. The van der Waals surface area contributed by atoms with Gasteiger partial charge in [0, 0.05) is 43.9 Å². The molecular formula is C16H26ClFN2O. The van der Waals surface area contributed by atoms with E-state index in [9.17, 15) is 4.39 Å². The summed E-state index contributed by atoms with van der Waals surface area (Å²) in [4.78, 5) is 2.49. The van der Waals surface area contributed by atoms with Crippen LogP contribution in [-0.2, 0) is 0 Å². The Morgan fingerprint density at radius 3 is 2.67 bits per heavy atom. The van der Waals surface area contributed by atoms with Crippen molar-refractivity contribution in [2.75, 3.05) is 33.3 Å². The molecule has 0 spiro atoms. The van der Waals surface area contributed by atoms with Crippen molar-refractivity contribution in [1.82, 2.24) is 10.2 Å². The van der Waals surface area contributed by atoms with E-state index in [1.807, 2.05) is 6.07 Å². The highest BCUT2D eigenvalue weighted by Crippen LogP contribution is 2.33. The highest BCUT2D eigenvalue weighted by molar-refractivity contribution is 5.85. The molecule has 1 atom stereocenters. The fraction of sp³-hybridized carbons (Fsp3) is 0.625. The lowest BCUT2D eigenvalue weighted by Gasteiger charge is -2.36. The van der Waals surface area contributed by atoms with Crippen LogP contribution in [0, 0.1) is 5.82 Å². The van der Waals surface area contributed by atoms with E-state index in [1.165, 1.54) is 18.9 Å². The van der Waals surface area contributed by atoms with Gasteiger partial charge >= 0.3 is 0 Å². The van der Waals surface area contributed by atoms with Crippen molar-refractivity contribution in [2.24, 2.45) is 0 Å². The Morgan fingerprint density at radius 1 is 1.33 bits per heavy atom. The van der Waals surface area contributed by atoms with Gasteiger partial charge in [0.25, 0.3) is 0 Å². The van der Waals surface area contributed by atoms with E-state index >= 15 is 0 Å². The van der Waals surface area contributed by atoms with Gasteiger partial charge in [-0.15, -0.1) is 12.4 Å². The minimum Gasteiger partial charge on any atom is -0.496 e. The summed E-state index contributed by atoms with van der Waals surface area (Å²) in [5.74, 6) is 0.435. The van der Waals surface area contributed by atoms with Crippen molar-refractivity contribution >= 4 is 12.4 Å². The molecule has 120 valence electrons. The minimum atomic E-state index is -0.236. The van der Waals surface area contributed by atoms with E-state index in [4.69, 9.17) is 4.74 Å². The molecule has 1 aliphatic rings. The lowest BCUT2D eigenvalue weighted by Crippen LogP contribution is -2.45. The molecule has 0 unspecified atom stereocenters. The molecule has 1 heterocycles. The number of unbranched alkanes of at least 4 members (excludes halogenated alkanes) is 1. The van der Waals surface area contributed by atoms with Crippen LogP contribution in [0.2, 0.25) is 0 Å². The summed E-state index contributed by atoms with van der Waals surface area (Å²) in [5, 5.41) is 3.38. The Bertz CT molecular complexity index is 425. The van der Waals surface area contributed by atoms with Gasteiger partial charge in [0.15, 0.2) is 0 Å². The SMILES string of the molecule is CCCC[C@@H](c1ccc(F)cc1OC)N1CCNCC1.Cl. The molecule has 0 bridgehead atoms. The van der Waals surface area contributed by atoms with Gasteiger partial charge in [-0.3, -0.25) is 4.90 Å². The first-order chi connectivity index (χ1) is 9.76. The molecule has 5 heteroatoms. The van der Waals surface area contributed by atoms with Crippen molar-refractivity contribution in [3.05, 3.63) is 29.6 Å². The molecule has 0 amide bonds. The zero-order chi connectivity index (χ0) is 14.4. The first kappa shape index (κ1) is 18.2. The summed E-state index contributed by atoms with van der Waals surface area (Å²) in [6.45, 7) is 6.32. The van der Waals surface area contributed by atoms with Crippen LogP contribution in [0.15, 0.2) is 18.2 Å². The Morgan fingerprint density at radius 2 is 2.05 bits per heavy atom. The molecule has 3 nitrogen and oxygen atoms in total. The summed E-state index contributed by atoms with van der Waals surface area (Å²) in [6.07, 6.45) is 3.44. The fourth-order valence-corrected chi connectivity index (χ4v) is 2.89. The fourth-order valence-electron chi connectivity index (χ4n) is 2.89. The van der Waals surface area contributed by atoms with Crippen LogP contribution in [0.1, 0.15) is 37.8 Å². The van der Waals surface area contributed by atoms with Crippen LogP contribution in [-0.4, -0.2) is 38.2 Å². The van der Waals surface area contributed by atoms with Crippen LogP contribution in [0.3, 0.4) is 0 Å². The van der Waals surface area contributed by atoms with E-state index in [0.29, 0.717) is 11.8 Å². The standard InChI is InChI=1S/C16H25FN2O.ClH/c1-3-4-5-15(19-10-8-18-9-11-19)14-7-6-13(17)12-16(14)20-2;/h6-7,12,15,18H,3-5,8-11H2,1-2H3;1H/t15-;/m0./s1. The second-order valence-corrected chi connectivity index (χ2v) is 5.33. The monoisotopic (exact) mass is 316 g/mol. The Hall–Kier alpha value is -0.840. The van der Waals surface area contributed by atoms with Crippen molar-refractivity contribution in [2.45, 2.75) is 32.2 Å². The maximum Gasteiger partial charge on any atom is 0.126 e. The second kappa shape index (κ2) is 9.23. The lowest BCUT2D eigenvalue weighted by molar-refractivity contribution is 0.160. The average Bonchev–Trinajstić information content (AvgIpc) is 2.49. The highest BCUT2D eigenvalue weighted by Gasteiger charge is 2.24. The van der Waals surface area contributed by atoms with Crippen molar-refractivity contribution in [3.63, 3.8) is 0 Å². The lowest BCUT2D eigenvalue weighted by atomic mass is 9.97. The molecule has 1 N–H and O–H groups in total. The van der Waals surface area contributed by atoms with Gasteiger partial charge in [-0.05, 0) is 12.5 Å². The number of piperazine rings is 1. The van der Waals surface area contributed by atoms with Gasteiger partial charge in [-0.25, -0.2) is 4.39 Å². The largest absolute Gasteiger partial charge is 0.496 e. The summed E-state index contributed by atoms with van der Waals surface area (Å²) < 4.78 is 18.8. The van der Waals surface area contributed by atoms with Crippen LogP contribution in [0.4, 0.5) is 4.39 Å². The van der Waals surface area contributed by atoms with Gasteiger partial charge in [-0.1, -0.05) is 25.8 Å². The molecule has 0 radical (unpaired) electrons. The number of nitrogens with one attached hydrogen (secondary N) is 1. The molecule has 21 heavy (non-hydrogen) atoms. The zero-order valence-corrected chi connectivity index (χ0v) is 13.7. The number of halogens is 2. The zero-order valence-electron chi connectivity index (χ0n) is 12.9. The van der Waals surface area contributed by atoms with Gasteiger partial charge in [-0.2, -0.15) is 0 Å². The van der Waals surface area contributed by atoms with Gasteiger partial charge in [0.2, 0.25) is 0 Å². The van der Waals surface area contributed by atoms with Crippen molar-refractivity contribution < 1.29 is 9.13 Å². The molecule has 1 saturated heterocycles.